The molecule has 2 heteroatoms. The van der Waals surface area contributed by atoms with Gasteiger partial charge < -0.3 is 10.5 Å². The van der Waals surface area contributed by atoms with E-state index < -0.39 is 0 Å². The number of hydrogen-bond acceptors (Lipinski definition) is 2. The lowest BCUT2D eigenvalue weighted by molar-refractivity contribution is 0.161. The van der Waals surface area contributed by atoms with Crippen molar-refractivity contribution in [1.29, 1.82) is 0 Å². The first-order chi connectivity index (χ1) is 8.34. The summed E-state index contributed by atoms with van der Waals surface area (Å²) in [5.74, 6) is 0.917. The molecule has 0 bridgehead atoms. The Labute approximate surface area is 101 Å². The van der Waals surface area contributed by atoms with Crippen LogP contribution >= 0.6 is 0 Å². The molecule has 1 aliphatic rings. The highest BCUT2D eigenvalue weighted by atomic mass is 16.5. The molecule has 0 aliphatic carbocycles. The van der Waals surface area contributed by atoms with Gasteiger partial charge in [-0.05, 0) is 11.6 Å². The fourth-order valence-electron chi connectivity index (χ4n) is 2.32. The van der Waals surface area contributed by atoms with Crippen LogP contribution in [-0.4, -0.2) is 0 Å². The third kappa shape index (κ3) is 1.92. The van der Waals surface area contributed by atoms with E-state index in [0.717, 1.165) is 17.7 Å². The van der Waals surface area contributed by atoms with Gasteiger partial charge in [-0.1, -0.05) is 48.5 Å². The summed E-state index contributed by atoms with van der Waals surface area (Å²) in [6, 6.07) is 18.3. The number of hydrogen-bond donors (Lipinski definition) is 1. The lowest BCUT2D eigenvalue weighted by Gasteiger charge is -2.30. The van der Waals surface area contributed by atoms with Gasteiger partial charge in [-0.3, -0.25) is 0 Å². The van der Waals surface area contributed by atoms with Crippen LogP contribution in [0, 0.1) is 0 Å². The normalized spacial score (nSPS) is 22.6. The Morgan fingerprint density at radius 3 is 2.47 bits per heavy atom. The predicted octanol–water partition coefficient (Wildman–Crippen LogP) is 3.21. The molecule has 0 fully saturated rings. The maximum atomic E-state index is 6.19. The minimum Gasteiger partial charge on any atom is -0.485 e. The number of fused-ring (bicyclic) bond motifs is 1. The van der Waals surface area contributed by atoms with Gasteiger partial charge in [0.05, 0.1) is 0 Å². The van der Waals surface area contributed by atoms with Gasteiger partial charge in [0.1, 0.15) is 11.9 Å². The maximum Gasteiger partial charge on any atom is 0.126 e. The lowest BCUT2D eigenvalue weighted by Crippen LogP contribution is -2.23. The molecule has 0 aromatic heterocycles. The highest BCUT2D eigenvalue weighted by Crippen LogP contribution is 2.39. The van der Waals surface area contributed by atoms with Crippen LogP contribution in [0.5, 0.6) is 5.75 Å². The van der Waals surface area contributed by atoms with E-state index in [9.17, 15) is 0 Å². The number of benzene rings is 2. The van der Waals surface area contributed by atoms with Crippen LogP contribution in [-0.2, 0) is 0 Å². The van der Waals surface area contributed by atoms with Crippen LogP contribution in [0.25, 0.3) is 0 Å². The van der Waals surface area contributed by atoms with Crippen molar-refractivity contribution in [2.24, 2.45) is 5.73 Å². The second-order valence-electron chi connectivity index (χ2n) is 4.40. The summed E-state index contributed by atoms with van der Waals surface area (Å²) in [6.07, 6.45) is 0.905. The second kappa shape index (κ2) is 4.22. The molecule has 2 aromatic rings. The van der Waals surface area contributed by atoms with Crippen molar-refractivity contribution in [2.45, 2.75) is 18.6 Å². The molecule has 17 heavy (non-hydrogen) atoms. The molecule has 0 saturated heterocycles. The average molecular weight is 225 g/mol. The molecule has 3 rings (SSSR count). The molecule has 0 amide bonds. The van der Waals surface area contributed by atoms with Gasteiger partial charge in [0.25, 0.3) is 0 Å². The lowest BCUT2D eigenvalue weighted by atomic mass is 9.94. The van der Waals surface area contributed by atoms with Crippen LogP contribution in [0.1, 0.15) is 29.7 Å². The van der Waals surface area contributed by atoms with Gasteiger partial charge in [-0.2, -0.15) is 0 Å². The van der Waals surface area contributed by atoms with Crippen molar-refractivity contribution in [3.63, 3.8) is 0 Å². The Balaban J connectivity index is 1.94. The van der Waals surface area contributed by atoms with Crippen LogP contribution in [0.15, 0.2) is 54.6 Å². The van der Waals surface area contributed by atoms with E-state index in [1.807, 2.05) is 42.5 Å². The summed E-state index contributed by atoms with van der Waals surface area (Å²) in [7, 11) is 0. The SMILES string of the molecule is N[C@H]1C[C@@H](c2ccccc2)Oc2ccccc21. The number of nitrogens with two attached hydrogens (primary N) is 1. The number of rotatable bonds is 1. The van der Waals surface area contributed by atoms with E-state index in [1.54, 1.807) is 0 Å². The van der Waals surface area contributed by atoms with Gasteiger partial charge in [-0.25, -0.2) is 0 Å². The van der Waals surface area contributed by atoms with Gasteiger partial charge >= 0.3 is 0 Å². The van der Waals surface area contributed by atoms with Crippen molar-refractivity contribution in [3.05, 3.63) is 65.7 Å². The van der Waals surface area contributed by atoms with Crippen LogP contribution in [0.4, 0.5) is 0 Å². The molecule has 1 heterocycles. The average Bonchev–Trinajstić information content (AvgIpc) is 2.40. The van der Waals surface area contributed by atoms with Crippen molar-refractivity contribution in [2.75, 3.05) is 0 Å². The fourth-order valence-corrected chi connectivity index (χ4v) is 2.32. The minimum absolute atomic E-state index is 0.0603. The fraction of sp³-hybridized carbons (Fsp3) is 0.200. The molecular weight excluding hydrogens is 210 g/mol. The number of ether oxygens (including phenoxy) is 1. The van der Waals surface area contributed by atoms with Gasteiger partial charge in [0.15, 0.2) is 0 Å². The van der Waals surface area contributed by atoms with E-state index in [1.165, 1.54) is 5.56 Å². The highest BCUT2D eigenvalue weighted by molar-refractivity contribution is 5.38. The molecule has 1 aliphatic heterocycles. The van der Waals surface area contributed by atoms with Crippen LogP contribution in [0.2, 0.25) is 0 Å². The molecule has 0 saturated carbocycles. The van der Waals surface area contributed by atoms with Crippen LogP contribution in [0.3, 0.4) is 0 Å². The second-order valence-corrected chi connectivity index (χ2v) is 4.40. The van der Waals surface area contributed by atoms with Crippen LogP contribution < -0.4 is 10.5 Å². The topological polar surface area (TPSA) is 35.2 Å². The van der Waals surface area contributed by atoms with Crippen molar-refractivity contribution in [1.82, 2.24) is 0 Å². The summed E-state index contributed by atoms with van der Waals surface area (Å²) in [5.41, 5.74) is 8.50. The standard InChI is InChI=1S/C15H15NO/c16-13-10-15(11-6-2-1-3-7-11)17-14-9-5-4-8-12(13)14/h1-9,13,15H,10,16H2/t13-,15-/m0/s1. The van der Waals surface area contributed by atoms with E-state index >= 15 is 0 Å². The first-order valence-corrected chi connectivity index (χ1v) is 5.91. The zero-order valence-corrected chi connectivity index (χ0v) is 9.54. The van der Waals surface area contributed by atoms with Crippen molar-refractivity contribution in [3.8, 4) is 5.75 Å². The molecule has 86 valence electrons. The third-order valence-corrected chi connectivity index (χ3v) is 3.23. The Morgan fingerprint density at radius 2 is 1.65 bits per heavy atom. The van der Waals surface area contributed by atoms with Gasteiger partial charge in [-0.15, -0.1) is 0 Å². The third-order valence-electron chi connectivity index (χ3n) is 3.23. The molecule has 0 spiro atoms. The molecule has 2 N–H and O–H groups in total. The van der Waals surface area contributed by atoms with Crippen molar-refractivity contribution < 1.29 is 4.74 Å². The molecule has 2 aromatic carbocycles. The Bertz CT molecular complexity index is 509. The maximum absolute atomic E-state index is 6.19. The van der Waals surface area contributed by atoms with E-state index in [-0.39, 0.29) is 12.1 Å². The summed E-state index contributed by atoms with van der Waals surface area (Å²) in [4.78, 5) is 0. The highest BCUT2D eigenvalue weighted by Gasteiger charge is 2.26. The minimum atomic E-state index is 0.0603. The zero-order valence-electron chi connectivity index (χ0n) is 9.54. The van der Waals surface area contributed by atoms with E-state index in [0.29, 0.717) is 0 Å². The Kier molecular flexibility index (Phi) is 2.57. The van der Waals surface area contributed by atoms with E-state index in [4.69, 9.17) is 10.5 Å². The summed E-state index contributed by atoms with van der Waals surface area (Å²) in [6.45, 7) is 0. The first kappa shape index (κ1) is 10.4. The number of para-hydroxylation sites is 1. The Morgan fingerprint density at radius 1 is 0.941 bits per heavy atom. The summed E-state index contributed by atoms with van der Waals surface area (Å²) in [5, 5.41) is 0. The largest absolute Gasteiger partial charge is 0.485 e. The predicted molar refractivity (Wildman–Crippen MR) is 67.8 cm³/mol. The monoisotopic (exact) mass is 225 g/mol. The molecule has 0 unspecified atom stereocenters. The molecule has 2 atom stereocenters. The smallest absolute Gasteiger partial charge is 0.126 e. The van der Waals surface area contributed by atoms with Gasteiger partial charge in [0, 0.05) is 18.0 Å². The summed E-state index contributed by atoms with van der Waals surface area (Å²) < 4.78 is 6.01. The van der Waals surface area contributed by atoms with Crippen molar-refractivity contribution >= 4 is 0 Å². The molecule has 0 radical (unpaired) electrons. The first-order valence-electron chi connectivity index (χ1n) is 5.91. The van der Waals surface area contributed by atoms with Gasteiger partial charge in [0.2, 0.25) is 0 Å². The van der Waals surface area contributed by atoms with E-state index in [2.05, 4.69) is 12.1 Å². The summed E-state index contributed by atoms with van der Waals surface area (Å²) >= 11 is 0. The molecule has 2 nitrogen and oxygen atoms in total. The molecular formula is C15H15NO. The quantitative estimate of drug-likeness (QED) is 0.808. The zero-order chi connectivity index (χ0) is 11.7. The Hall–Kier alpha value is -1.80.